The lowest BCUT2D eigenvalue weighted by Gasteiger charge is -2.09. The van der Waals surface area contributed by atoms with Crippen molar-refractivity contribution in [3.05, 3.63) is 36.4 Å². The van der Waals surface area contributed by atoms with Gasteiger partial charge in [-0.25, -0.2) is 0 Å². The summed E-state index contributed by atoms with van der Waals surface area (Å²) in [7, 11) is 0. The van der Waals surface area contributed by atoms with Crippen LogP contribution in [0.3, 0.4) is 0 Å². The van der Waals surface area contributed by atoms with Crippen molar-refractivity contribution in [3.63, 3.8) is 0 Å². The molecule has 0 fully saturated rings. The molecule has 0 aliphatic carbocycles. The lowest BCUT2D eigenvalue weighted by Crippen LogP contribution is -2.05. The largest absolute Gasteiger partial charge is 0.492 e. The predicted octanol–water partition coefficient (Wildman–Crippen LogP) is 2.28. The van der Waals surface area contributed by atoms with Crippen molar-refractivity contribution < 1.29 is 14.6 Å². The van der Waals surface area contributed by atoms with E-state index < -0.39 is 5.97 Å². The van der Waals surface area contributed by atoms with E-state index in [0.717, 1.165) is 10.8 Å². The van der Waals surface area contributed by atoms with Gasteiger partial charge in [0.25, 0.3) is 0 Å². The molecule has 2 rings (SSSR count). The topological polar surface area (TPSA) is 72.5 Å². The Morgan fingerprint density at radius 2 is 1.88 bits per heavy atom. The average Bonchev–Trinajstić information content (AvgIpc) is 2.32. The number of nitrogens with two attached hydrogens (primary N) is 1. The Labute approximate surface area is 98.6 Å². The van der Waals surface area contributed by atoms with Crippen LogP contribution in [0.1, 0.15) is 6.42 Å². The van der Waals surface area contributed by atoms with Crippen LogP contribution in [-0.4, -0.2) is 17.7 Å². The Morgan fingerprint density at radius 1 is 1.18 bits per heavy atom. The fourth-order valence-electron chi connectivity index (χ4n) is 1.67. The van der Waals surface area contributed by atoms with Crippen LogP contribution in [0.25, 0.3) is 10.8 Å². The molecule has 0 spiro atoms. The highest BCUT2D eigenvalue weighted by atomic mass is 16.5. The molecule has 4 nitrogen and oxygen atoms in total. The third kappa shape index (κ3) is 2.47. The second-order valence-corrected chi connectivity index (χ2v) is 3.69. The van der Waals surface area contributed by atoms with Gasteiger partial charge in [-0.1, -0.05) is 24.3 Å². The van der Waals surface area contributed by atoms with Crippen molar-refractivity contribution in [1.82, 2.24) is 0 Å². The smallest absolute Gasteiger partial charge is 0.306 e. The molecule has 0 aromatic heterocycles. The summed E-state index contributed by atoms with van der Waals surface area (Å²) < 4.78 is 5.45. The molecule has 0 heterocycles. The normalized spacial score (nSPS) is 10.4. The summed E-state index contributed by atoms with van der Waals surface area (Å²) in [6.07, 6.45) is -0.0152. The zero-order chi connectivity index (χ0) is 12.3. The Hall–Kier alpha value is -2.23. The number of benzene rings is 2. The second kappa shape index (κ2) is 4.74. The molecule has 0 atom stereocenters. The van der Waals surface area contributed by atoms with Crippen LogP contribution in [0.5, 0.6) is 5.75 Å². The summed E-state index contributed by atoms with van der Waals surface area (Å²) >= 11 is 0. The molecule has 0 amide bonds. The predicted molar refractivity (Wildman–Crippen MR) is 66.1 cm³/mol. The van der Waals surface area contributed by atoms with Crippen molar-refractivity contribution >= 4 is 22.4 Å². The second-order valence-electron chi connectivity index (χ2n) is 3.69. The Balaban J connectivity index is 2.28. The van der Waals surface area contributed by atoms with Crippen LogP contribution in [0, 0.1) is 0 Å². The van der Waals surface area contributed by atoms with E-state index >= 15 is 0 Å². The van der Waals surface area contributed by atoms with Crippen LogP contribution in [0.15, 0.2) is 36.4 Å². The first-order valence-corrected chi connectivity index (χ1v) is 5.30. The number of rotatable bonds is 4. The minimum Gasteiger partial charge on any atom is -0.492 e. The van der Waals surface area contributed by atoms with Crippen molar-refractivity contribution in [2.45, 2.75) is 6.42 Å². The van der Waals surface area contributed by atoms with Crippen molar-refractivity contribution in [3.8, 4) is 5.75 Å². The molecule has 0 aliphatic heterocycles. The first-order valence-electron chi connectivity index (χ1n) is 5.30. The number of hydrogen-bond acceptors (Lipinski definition) is 3. The maximum atomic E-state index is 10.4. The zero-order valence-electron chi connectivity index (χ0n) is 9.22. The van der Waals surface area contributed by atoms with Crippen molar-refractivity contribution in [2.75, 3.05) is 12.3 Å². The quantitative estimate of drug-likeness (QED) is 0.792. The highest BCUT2D eigenvalue weighted by molar-refractivity contribution is 5.96. The maximum Gasteiger partial charge on any atom is 0.306 e. The van der Waals surface area contributed by atoms with Gasteiger partial charge in [0.05, 0.1) is 13.0 Å². The van der Waals surface area contributed by atoms with Crippen LogP contribution in [-0.2, 0) is 4.79 Å². The molecule has 0 saturated carbocycles. The van der Waals surface area contributed by atoms with Gasteiger partial charge in [-0.2, -0.15) is 0 Å². The summed E-state index contributed by atoms with van der Waals surface area (Å²) in [5.74, 6) is -0.208. The van der Waals surface area contributed by atoms with Gasteiger partial charge in [0, 0.05) is 16.5 Å². The van der Waals surface area contributed by atoms with Gasteiger partial charge >= 0.3 is 5.97 Å². The molecule has 2 aromatic carbocycles. The van der Waals surface area contributed by atoms with E-state index in [4.69, 9.17) is 15.6 Å². The number of ether oxygens (including phenoxy) is 1. The molecule has 0 bridgehead atoms. The van der Waals surface area contributed by atoms with E-state index in [9.17, 15) is 4.79 Å². The number of aliphatic carboxylic acids is 1. The van der Waals surface area contributed by atoms with Crippen LogP contribution in [0.4, 0.5) is 5.69 Å². The molecule has 3 N–H and O–H groups in total. The summed E-state index contributed by atoms with van der Waals surface area (Å²) in [5, 5.41) is 10.4. The maximum absolute atomic E-state index is 10.4. The SMILES string of the molecule is Nc1ccc(OCCC(=O)O)c2ccccc12. The van der Waals surface area contributed by atoms with E-state index in [0.29, 0.717) is 11.4 Å². The van der Waals surface area contributed by atoms with Gasteiger partial charge in [0.15, 0.2) is 0 Å². The number of anilines is 1. The first kappa shape index (κ1) is 11.3. The molecule has 17 heavy (non-hydrogen) atoms. The van der Waals surface area contributed by atoms with Crippen LogP contribution in [0.2, 0.25) is 0 Å². The molecule has 88 valence electrons. The highest BCUT2D eigenvalue weighted by Gasteiger charge is 2.05. The zero-order valence-corrected chi connectivity index (χ0v) is 9.22. The van der Waals surface area contributed by atoms with Gasteiger partial charge < -0.3 is 15.6 Å². The number of fused-ring (bicyclic) bond motifs is 1. The number of carboxylic acid groups (broad SMARTS) is 1. The first-order chi connectivity index (χ1) is 8.18. The monoisotopic (exact) mass is 231 g/mol. The van der Waals surface area contributed by atoms with Gasteiger partial charge in [-0.3, -0.25) is 4.79 Å². The van der Waals surface area contributed by atoms with Crippen molar-refractivity contribution in [2.24, 2.45) is 0 Å². The molecule has 0 saturated heterocycles. The van der Waals surface area contributed by atoms with E-state index in [1.807, 2.05) is 24.3 Å². The number of carboxylic acids is 1. The van der Waals surface area contributed by atoms with E-state index in [-0.39, 0.29) is 13.0 Å². The minimum absolute atomic E-state index is 0.0152. The number of nitrogen functional groups attached to an aromatic ring is 1. The van der Waals surface area contributed by atoms with Crippen LogP contribution < -0.4 is 10.5 Å². The Bertz CT molecular complexity index is 551. The molecule has 0 unspecified atom stereocenters. The Kier molecular flexibility index (Phi) is 3.14. The fourth-order valence-corrected chi connectivity index (χ4v) is 1.67. The van der Waals surface area contributed by atoms with E-state index in [2.05, 4.69) is 0 Å². The van der Waals surface area contributed by atoms with Gasteiger partial charge in [-0.15, -0.1) is 0 Å². The summed E-state index contributed by atoms with van der Waals surface area (Å²) in [6, 6.07) is 11.1. The molecular weight excluding hydrogens is 218 g/mol. The fraction of sp³-hybridized carbons (Fsp3) is 0.154. The average molecular weight is 231 g/mol. The highest BCUT2D eigenvalue weighted by Crippen LogP contribution is 2.29. The molecule has 2 aromatic rings. The molecule has 4 heteroatoms. The summed E-state index contributed by atoms with van der Waals surface area (Å²) in [4.78, 5) is 10.4. The summed E-state index contributed by atoms with van der Waals surface area (Å²) in [6.45, 7) is 0.156. The lowest BCUT2D eigenvalue weighted by molar-refractivity contribution is -0.137. The van der Waals surface area contributed by atoms with Gasteiger partial charge in [-0.05, 0) is 12.1 Å². The molecule has 0 radical (unpaired) electrons. The third-order valence-corrected chi connectivity index (χ3v) is 2.49. The third-order valence-electron chi connectivity index (χ3n) is 2.49. The van der Waals surface area contributed by atoms with Gasteiger partial charge in [0.2, 0.25) is 0 Å². The lowest BCUT2D eigenvalue weighted by atomic mass is 10.1. The number of hydrogen-bond donors (Lipinski definition) is 2. The number of carbonyl (C=O) groups is 1. The standard InChI is InChI=1S/C13H13NO3/c14-11-5-6-12(17-8-7-13(15)16)10-4-2-1-3-9(10)11/h1-6H,7-8,14H2,(H,15,16). The Morgan fingerprint density at radius 3 is 2.59 bits per heavy atom. The summed E-state index contributed by atoms with van der Waals surface area (Å²) in [5.41, 5.74) is 6.54. The van der Waals surface area contributed by atoms with E-state index in [1.54, 1.807) is 12.1 Å². The van der Waals surface area contributed by atoms with Gasteiger partial charge in [0.1, 0.15) is 5.75 Å². The van der Waals surface area contributed by atoms with Crippen LogP contribution >= 0.6 is 0 Å². The molecule has 0 aliphatic rings. The molecular formula is C13H13NO3. The minimum atomic E-state index is -0.871. The van der Waals surface area contributed by atoms with E-state index in [1.165, 1.54) is 0 Å². The van der Waals surface area contributed by atoms with Crippen molar-refractivity contribution in [1.29, 1.82) is 0 Å².